The lowest BCUT2D eigenvalue weighted by molar-refractivity contribution is 0.0937. The molecule has 2 aromatic rings. The first-order valence-corrected chi connectivity index (χ1v) is 6.44. The molecule has 0 aliphatic heterocycles. The third-order valence-corrected chi connectivity index (χ3v) is 3.16. The molecule has 3 N–H and O–H groups in total. The van der Waals surface area contributed by atoms with Crippen LogP contribution in [-0.2, 0) is 0 Å². The van der Waals surface area contributed by atoms with Gasteiger partial charge in [-0.1, -0.05) is 30.3 Å². The topological polar surface area (TPSA) is 55.1 Å². The number of carbonyl (C=O) groups is 1. The van der Waals surface area contributed by atoms with Crippen LogP contribution in [0.1, 0.15) is 27.5 Å². The maximum absolute atomic E-state index is 13.2. The van der Waals surface area contributed by atoms with Crippen molar-refractivity contribution in [2.45, 2.75) is 13.0 Å². The van der Waals surface area contributed by atoms with Gasteiger partial charge in [0.25, 0.3) is 5.91 Å². The molecule has 104 valence electrons. The van der Waals surface area contributed by atoms with E-state index in [0.717, 1.165) is 5.56 Å². The van der Waals surface area contributed by atoms with Gasteiger partial charge in [0.2, 0.25) is 0 Å². The van der Waals surface area contributed by atoms with Crippen molar-refractivity contribution in [3.05, 3.63) is 71.0 Å². The summed E-state index contributed by atoms with van der Waals surface area (Å²) >= 11 is 0. The average Bonchev–Trinajstić information content (AvgIpc) is 2.48. The third kappa shape index (κ3) is 3.22. The Bertz CT molecular complexity index is 599. The van der Waals surface area contributed by atoms with Crippen molar-refractivity contribution in [2.75, 3.05) is 6.54 Å². The second kappa shape index (κ2) is 6.30. The maximum Gasteiger partial charge on any atom is 0.251 e. The fraction of sp³-hybridized carbons (Fsp3) is 0.188. The van der Waals surface area contributed by atoms with E-state index >= 15 is 0 Å². The van der Waals surface area contributed by atoms with Crippen LogP contribution >= 0.6 is 0 Å². The van der Waals surface area contributed by atoms with Gasteiger partial charge in [-0.15, -0.1) is 0 Å². The van der Waals surface area contributed by atoms with Gasteiger partial charge in [0.1, 0.15) is 5.82 Å². The summed E-state index contributed by atoms with van der Waals surface area (Å²) < 4.78 is 13.2. The van der Waals surface area contributed by atoms with Gasteiger partial charge < -0.3 is 11.1 Å². The molecule has 0 radical (unpaired) electrons. The van der Waals surface area contributed by atoms with Gasteiger partial charge in [-0.2, -0.15) is 0 Å². The summed E-state index contributed by atoms with van der Waals surface area (Å²) in [6, 6.07) is 13.6. The number of carbonyl (C=O) groups excluding carboxylic acids is 1. The predicted molar refractivity (Wildman–Crippen MR) is 76.8 cm³/mol. The van der Waals surface area contributed by atoms with E-state index in [1.807, 2.05) is 30.3 Å². The first-order valence-electron chi connectivity index (χ1n) is 6.44. The molecular weight excluding hydrogens is 255 g/mol. The molecule has 0 aromatic heterocycles. The first kappa shape index (κ1) is 14.2. The fourth-order valence-corrected chi connectivity index (χ4v) is 1.99. The highest BCUT2D eigenvalue weighted by Crippen LogP contribution is 2.14. The molecule has 2 aromatic carbocycles. The third-order valence-electron chi connectivity index (χ3n) is 3.16. The second-order valence-electron chi connectivity index (χ2n) is 4.64. The molecule has 0 aliphatic rings. The normalized spacial score (nSPS) is 11.9. The van der Waals surface area contributed by atoms with Crippen LogP contribution in [0.3, 0.4) is 0 Å². The molecule has 0 saturated heterocycles. The summed E-state index contributed by atoms with van der Waals surface area (Å²) in [7, 11) is 0. The SMILES string of the molecule is Cc1cc(C(=O)NC(CN)c2ccccc2)ccc1F. The lowest BCUT2D eigenvalue weighted by Crippen LogP contribution is -2.33. The molecule has 1 amide bonds. The highest BCUT2D eigenvalue weighted by atomic mass is 19.1. The van der Waals surface area contributed by atoms with Crippen molar-refractivity contribution in [3.63, 3.8) is 0 Å². The van der Waals surface area contributed by atoms with Gasteiger partial charge in [-0.3, -0.25) is 4.79 Å². The smallest absolute Gasteiger partial charge is 0.251 e. The average molecular weight is 272 g/mol. The summed E-state index contributed by atoms with van der Waals surface area (Å²) in [5.74, 6) is -0.576. The largest absolute Gasteiger partial charge is 0.344 e. The Morgan fingerprint density at radius 2 is 1.95 bits per heavy atom. The van der Waals surface area contributed by atoms with Crippen LogP contribution in [0.25, 0.3) is 0 Å². The zero-order valence-electron chi connectivity index (χ0n) is 11.3. The highest BCUT2D eigenvalue weighted by molar-refractivity contribution is 5.94. The Hall–Kier alpha value is -2.20. The number of halogens is 1. The number of rotatable bonds is 4. The number of nitrogens with two attached hydrogens (primary N) is 1. The molecule has 3 nitrogen and oxygen atoms in total. The van der Waals surface area contributed by atoms with E-state index in [1.165, 1.54) is 18.2 Å². The molecule has 2 rings (SSSR count). The minimum Gasteiger partial charge on any atom is -0.344 e. The Balaban J connectivity index is 2.15. The van der Waals surface area contributed by atoms with E-state index in [0.29, 0.717) is 17.7 Å². The number of amides is 1. The summed E-state index contributed by atoms with van der Waals surface area (Å²) in [5.41, 5.74) is 7.53. The molecule has 1 atom stereocenters. The standard InChI is InChI=1S/C16H17FN2O/c1-11-9-13(7-8-14(11)17)16(20)19-15(10-18)12-5-3-2-4-6-12/h2-9,15H,10,18H2,1H3,(H,19,20). The van der Waals surface area contributed by atoms with Crippen molar-refractivity contribution in [1.29, 1.82) is 0 Å². The predicted octanol–water partition coefficient (Wildman–Crippen LogP) is 2.56. The van der Waals surface area contributed by atoms with Gasteiger partial charge in [0, 0.05) is 12.1 Å². The van der Waals surface area contributed by atoms with Crippen LogP contribution in [0.5, 0.6) is 0 Å². The van der Waals surface area contributed by atoms with E-state index in [9.17, 15) is 9.18 Å². The van der Waals surface area contributed by atoms with Crippen LogP contribution < -0.4 is 11.1 Å². The van der Waals surface area contributed by atoms with Crippen molar-refractivity contribution in [2.24, 2.45) is 5.73 Å². The maximum atomic E-state index is 13.2. The number of hydrogen-bond donors (Lipinski definition) is 2. The highest BCUT2D eigenvalue weighted by Gasteiger charge is 2.14. The summed E-state index contributed by atoms with van der Waals surface area (Å²) in [6.07, 6.45) is 0. The minimum atomic E-state index is -0.319. The number of aryl methyl sites for hydroxylation is 1. The Morgan fingerprint density at radius 1 is 1.25 bits per heavy atom. The molecule has 0 saturated carbocycles. The van der Waals surface area contributed by atoms with Gasteiger partial charge in [0.05, 0.1) is 6.04 Å². The van der Waals surface area contributed by atoms with E-state index < -0.39 is 0 Å². The molecule has 0 spiro atoms. The Kier molecular flexibility index (Phi) is 4.48. The van der Waals surface area contributed by atoms with Crippen LogP contribution in [0.2, 0.25) is 0 Å². The molecule has 0 heterocycles. The van der Waals surface area contributed by atoms with Gasteiger partial charge >= 0.3 is 0 Å². The lowest BCUT2D eigenvalue weighted by atomic mass is 10.1. The monoisotopic (exact) mass is 272 g/mol. The molecule has 4 heteroatoms. The minimum absolute atomic E-state index is 0.256. The van der Waals surface area contributed by atoms with E-state index in [1.54, 1.807) is 6.92 Å². The molecule has 20 heavy (non-hydrogen) atoms. The number of hydrogen-bond acceptors (Lipinski definition) is 2. The first-order chi connectivity index (χ1) is 9.61. The quantitative estimate of drug-likeness (QED) is 0.898. The van der Waals surface area contributed by atoms with Crippen molar-refractivity contribution in [1.82, 2.24) is 5.32 Å². The molecule has 0 bridgehead atoms. The molecule has 0 fully saturated rings. The van der Waals surface area contributed by atoms with Crippen molar-refractivity contribution >= 4 is 5.91 Å². The number of benzene rings is 2. The van der Waals surface area contributed by atoms with Crippen molar-refractivity contribution in [3.8, 4) is 0 Å². The van der Waals surface area contributed by atoms with Crippen LogP contribution in [0.4, 0.5) is 4.39 Å². The number of nitrogens with one attached hydrogen (secondary N) is 1. The van der Waals surface area contributed by atoms with E-state index in [-0.39, 0.29) is 17.8 Å². The van der Waals surface area contributed by atoms with Gasteiger partial charge in [-0.05, 0) is 36.2 Å². The van der Waals surface area contributed by atoms with Crippen LogP contribution in [0, 0.1) is 12.7 Å². The zero-order chi connectivity index (χ0) is 14.5. The van der Waals surface area contributed by atoms with E-state index in [4.69, 9.17) is 5.73 Å². The summed E-state index contributed by atoms with van der Waals surface area (Å²) in [5, 5.41) is 2.86. The van der Waals surface area contributed by atoms with Gasteiger partial charge in [-0.25, -0.2) is 4.39 Å². The zero-order valence-corrected chi connectivity index (χ0v) is 11.3. The van der Waals surface area contributed by atoms with E-state index in [2.05, 4.69) is 5.32 Å². The van der Waals surface area contributed by atoms with Crippen molar-refractivity contribution < 1.29 is 9.18 Å². The molecular formula is C16H17FN2O. The Labute approximate surface area is 117 Å². The Morgan fingerprint density at radius 3 is 2.55 bits per heavy atom. The van der Waals surface area contributed by atoms with Crippen LogP contribution in [0.15, 0.2) is 48.5 Å². The second-order valence-corrected chi connectivity index (χ2v) is 4.64. The summed E-state index contributed by atoms with van der Waals surface area (Å²) in [6.45, 7) is 1.93. The molecule has 1 unspecified atom stereocenters. The van der Waals surface area contributed by atoms with Gasteiger partial charge in [0.15, 0.2) is 0 Å². The summed E-state index contributed by atoms with van der Waals surface area (Å²) in [4.78, 5) is 12.2. The lowest BCUT2D eigenvalue weighted by Gasteiger charge is -2.17. The van der Waals surface area contributed by atoms with Crippen LogP contribution in [-0.4, -0.2) is 12.5 Å². The fourth-order valence-electron chi connectivity index (χ4n) is 1.99. The molecule has 0 aliphatic carbocycles.